The summed E-state index contributed by atoms with van der Waals surface area (Å²) in [4.78, 5) is 17.4. The lowest BCUT2D eigenvalue weighted by atomic mass is 10.1. The van der Waals surface area contributed by atoms with Gasteiger partial charge in [-0.15, -0.1) is 11.3 Å². The van der Waals surface area contributed by atoms with Crippen molar-refractivity contribution >= 4 is 32.3 Å². The molecule has 0 aliphatic heterocycles. The first-order chi connectivity index (χ1) is 10.7. The predicted molar refractivity (Wildman–Crippen MR) is 92.6 cm³/mol. The maximum absolute atomic E-state index is 12.2. The summed E-state index contributed by atoms with van der Waals surface area (Å²) in [5, 5.41) is 5.85. The normalized spacial score (nSPS) is 12.7. The van der Waals surface area contributed by atoms with E-state index in [0.717, 1.165) is 22.4 Å². The minimum absolute atomic E-state index is 0.166. The standard InChI is InChI=1S/C15H19N3O3S2/c1-10-11(2)22-15(16-10)18-14(19)17-13(9-23(3,20)21)12-7-5-4-6-8-12/h4-8,13H,9H2,1-3H3,(H2,16,17,18,19)/t13-/m1/s1. The van der Waals surface area contributed by atoms with Crippen molar-refractivity contribution in [2.75, 3.05) is 17.3 Å². The summed E-state index contributed by atoms with van der Waals surface area (Å²) in [5.74, 6) is -0.166. The van der Waals surface area contributed by atoms with Gasteiger partial charge in [-0.2, -0.15) is 0 Å². The Hall–Kier alpha value is -1.93. The van der Waals surface area contributed by atoms with E-state index in [-0.39, 0.29) is 5.75 Å². The Bertz CT molecular complexity index is 766. The number of amides is 2. The molecule has 2 aromatic rings. The van der Waals surface area contributed by atoms with Gasteiger partial charge in [0.25, 0.3) is 0 Å². The maximum Gasteiger partial charge on any atom is 0.321 e. The number of rotatable bonds is 5. The molecule has 1 heterocycles. The molecular weight excluding hydrogens is 334 g/mol. The second kappa shape index (κ2) is 7.10. The van der Waals surface area contributed by atoms with E-state index in [0.29, 0.717) is 5.13 Å². The van der Waals surface area contributed by atoms with Crippen LogP contribution in [0.5, 0.6) is 0 Å². The Balaban J connectivity index is 2.12. The maximum atomic E-state index is 12.2. The molecular formula is C15H19N3O3S2. The molecule has 0 radical (unpaired) electrons. The van der Waals surface area contributed by atoms with Crippen LogP contribution in [0.1, 0.15) is 22.2 Å². The molecule has 0 saturated carbocycles. The van der Waals surface area contributed by atoms with Crippen molar-refractivity contribution in [3.8, 4) is 0 Å². The van der Waals surface area contributed by atoms with E-state index in [2.05, 4.69) is 15.6 Å². The lowest BCUT2D eigenvalue weighted by Crippen LogP contribution is -2.36. The van der Waals surface area contributed by atoms with E-state index in [1.54, 1.807) is 24.3 Å². The van der Waals surface area contributed by atoms with Crippen LogP contribution in [0.25, 0.3) is 0 Å². The number of carbonyl (C=O) groups excluding carboxylic acids is 1. The summed E-state index contributed by atoms with van der Waals surface area (Å²) in [7, 11) is -3.25. The number of hydrogen-bond donors (Lipinski definition) is 2. The zero-order chi connectivity index (χ0) is 17.0. The molecule has 23 heavy (non-hydrogen) atoms. The van der Waals surface area contributed by atoms with Gasteiger partial charge in [0.05, 0.1) is 17.5 Å². The fourth-order valence-corrected chi connectivity index (χ4v) is 3.72. The minimum Gasteiger partial charge on any atom is -0.330 e. The van der Waals surface area contributed by atoms with Crippen LogP contribution in [0.4, 0.5) is 9.93 Å². The van der Waals surface area contributed by atoms with Gasteiger partial charge in [0.15, 0.2) is 5.13 Å². The largest absolute Gasteiger partial charge is 0.330 e. The number of hydrogen-bond acceptors (Lipinski definition) is 5. The van der Waals surface area contributed by atoms with Crippen LogP contribution in [0.3, 0.4) is 0 Å². The molecule has 0 unspecified atom stereocenters. The van der Waals surface area contributed by atoms with Crippen molar-refractivity contribution in [1.29, 1.82) is 0 Å². The van der Waals surface area contributed by atoms with Gasteiger partial charge in [-0.3, -0.25) is 5.32 Å². The molecule has 2 amide bonds. The van der Waals surface area contributed by atoms with E-state index in [9.17, 15) is 13.2 Å². The molecule has 2 rings (SSSR count). The van der Waals surface area contributed by atoms with Gasteiger partial charge in [0.2, 0.25) is 0 Å². The van der Waals surface area contributed by atoms with E-state index in [1.165, 1.54) is 11.3 Å². The number of nitrogens with one attached hydrogen (secondary N) is 2. The smallest absolute Gasteiger partial charge is 0.321 e. The van der Waals surface area contributed by atoms with Crippen molar-refractivity contribution in [3.63, 3.8) is 0 Å². The molecule has 2 N–H and O–H groups in total. The molecule has 0 bridgehead atoms. The quantitative estimate of drug-likeness (QED) is 0.865. The fourth-order valence-electron chi connectivity index (χ4n) is 2.03. The van der Waals surface area contributed by atoms with Gasteiger partial charge in [-0.1, -0.05) is 30.3 Å². The van der Waals surface area contributed by atoms with E-state index in [4.69, 9.17) is 0 Å². The topological polar surface area (TPSA) is 88.2 Å². The van der Waals surface area contributed by atoms with Gasteiger partial charge in [0, 0.05) is 11.1 Å². The van der Waals surface area contributed by atoms with Gasteiger partial charge >= 0.3 is 6.03 Å². The molecule has 0 saturated heterocycles. The first kappa shape index (κ1) is 17.4. The number of nitrogens with zero attached hydrogens (tertiary/aromatic N) is 1. The summed E-state index contributed by atoms with van der Waals surface area (Å²) >= 11 is 1.38. The second-order valence-corrected chi connectivity index (χ2v) is 8.70. The first-order valence-electron chi connectivity index (χ1n) is 6.99. The molecule has 124 valence electrons. The Kier molecular flexibility index (Phi) is 5.38. The Morgan fingerprint density at radius 1 is 1.26 bits per heavy atom. The molecule has 0 spiro atoms. The zero-order valence-electron chi connectivity index (χ0n) is 13.2. The third kappa shape index (κ3) is 5.33. The van der Waals surface area contributed by atoms with E-state index in [1.807, 2.05) is 19.9 Å². The van der Waals surface area contributed by atoms with Crippen LogP contribution in [0.15, 0.2) is 30.3 Å². The summed E-state index contributed by atoms with van der Waals surface area (Å²) in [6.07, 6.45) is 1.15. The highest BCUT2D eigenvalue weighted by Crippen LogP contribution is 2.21. The van der Waals surface area contributed by atoms with Gasteiger partial charge < -0.3 is 5.32 Å². The van der Waals surface area contributed by atoms with E-state index >= 15 is 0 Å². The van der Waals surface area contributed by atoms with Crippen LogP contribution in [-0.4, -0.2) is 31.4 Å². The van der Waals surface area contributed by atoms with Crippen LogP contribution in [-0.2, 0) is 9.84 Å². The Morgan fingerprint density at radius 2 is 1.91 bits per heavy atom. The van der Waals surface area contributed by atoms with Crippen molar-refractivity contribution < 1.29 is 13.2 Å². The van der Waals surface area contributed by atoms with Crippen LogP contribution in [0.2, 0.25) is 0 Å². The average molecular weight is 353 g/mol. The third-order valence-corrected chi connectivity index (χ3v) is 5.15. The summed E-state index contributed by atoms with van der Waals surface area (Å²) < 4.78 is 23.2. The first-order valence-corrected chi connectivity index (χ1v) is 9.86. The van der Waals surface area contributed by atoms with Crippen molar-refractivity contribution in [3.05, 3.63) is 46.5 Å². The molecule has 0 fully saturated rings. The number of aromatic nitrogens is 1. The molecule has 1 aromatic heterocycles. The van der Waals surface area contributed by atoms with Gasteiger partial charge in [-0.25, -0.2) is 18.2 Å². The molecule has 8 heteroatoms. The number of aryl methyl sites for hydroxylation is 2. The molecule has 1 atom stereocenters. The SMILES string of the molecule is Cc1nc(NC(=O)N[C@H](CS(C)(=O)=O)c2ccccc2)sc1C. The van der Waals surface area contributed by atoms with Crippen molar-refractivity contribution in [2.45, 2.75) is 19.9 Å². The lowest BCUT2D eigenvalue weighted by Gasteiger charge is -2.18. The van der Waals surface area contributed by atoms with Crippen LogP contribution < -0.4 is 10.6 Å². The van der Waals surface area contributed by atoms with Gasteiger partial charge in [-0.05, 0) is 19.4 Å². The van der Waals surface area contributed by atoms with E-state index < -0.39 is 21.9 Å². The Morgan fingerprint density at radius 3 is 2.43 bits per heavy atom. The zero-order valence-corrected chi connectivity index (χ0v) is 14.8. The number of urea groups is 1. The van der Waals surface area contributed by atoms with Gasteiger partial charge in [0.1, 0.15) is 9.84 Å². The highest BCUT2D eigenvalue weighted by molar-refractivity contribution is 7.90. The number of sulfone groups is 1. The molecule has 0 aliphatic rings. The number of benzene rings is 1. The second-order valence-electron chi connectivity index (χ2n) is 5.31. The minimum atomic E-state index is -3.25. The lowest BCUT2D eigenvalue weighted by molar-refractivity contribution is 0.249. The summed E-state index contributed by atoms with van der Waals surface area (Å²) in [6.45, 7) is 3.79. The predicted octanol–water partition coefficient (Wildman–Crippen LogP) is 2.67. The molecule has 6 nitrogen and oxygen atoms in total. The third-order valence-electron chi connectivity index (χ3n) is 3.23. The summed E-state index contributed by atoms with van der Waals surface area (Å²) in [5.41, 5.74) is 1.60. The van der Waals surface area contributed by atoms with Crippen LogP contribution >= 0.6 is 11.3 Å². The number of thiazole rings is 1. The number of anilines is 1. The molecule has 1 aromatic carbocycles. The van der Waals surface area contributed by atoms with Crippen molar-refractivity contribution in [2.24, 2.45) is 0 Å². The number of carbonyl (C=O) groups is 1. The average Bonchev–Trinajstić information content (AvgIpc) is 2.75. The highest BCUT2D eigenvalue weighted by Gasteiger charge is 2.20. The summed E-state index contributed by atoms with van der Waals surface area (Å²) in [6, 6.07) is 7.92. The highest BCUT2D eigenvalue weighted by atomic mass is 32.2. The monoisotopic (exact) mass is 353 g/mol. The fraction of sp³-hybridized carbons (Fsp3) is 0.333. The Labute approximate surface area is 139 Å². The van der Waals surface area contributed by atoms with Crippen LogP contribution in [0, 0.1) is 13.8 Å². The van der Waals surface area contributed by atoms with Crippen molar-refractivity contribution in [1.82, 2.24) is 10.3 Å². The molecule has 0 aliphatic carbocycles.